The van der Waals surface area contributed by atoms with E-state index >= 15 is 0 Å². The first-order chi connectivity index (χ1) is 9.47. The van der Waals surface area contributed by atoms with E-state index in [-0.39, 0.29) is 5.82 Å². The van der Waals surface area contributed by atoms with Gasteiger partial charge in [0.2, 0.25) is 0 Å². The standard InChI is InChI=1S/C17H19ClFN/c1-11(2)9-12-3-5-13(6-4-12)17(20)15-8-7-14(18)10-16(15)19/h3-8,10-11,17H,9,20H2,1-2H3. The quantitative estimate of drug-likeness (QED) is 0.866. The first kappa shape index (κ1) is 15.0. The van der Waals surface area contributed by atoms with Gasteiger partial charge in [0.05, 0.1) is 6.04 Å². The van der Waals surface area contributed by atoms with Crippen LogP contribution in [0.25, 0.3) is 0 Å². The van der Waals surface area contributed by atoms with Gasteiger partial charge in [-0.3, -0.25) is 0 Å². The van der Waals surface area contributed by atoms with Gasteiger partial charge in [0.1, 0.15) is 5.82 Å². The third kappa shape index (κ3) is 3.59. The Kier molecular flexibility index (Phi) is 4.79. The number of hydrogen-bond donors (Lipinski definition) is 1. The summed E-state index contributed by atoms with van der Waals surface area (Å²) in [6.07, 6.45) is 1.03. The summed E-state index contributed by atoms with van der Waals surface area (Å²) in [6.45, 7) is 4.37. The second-order valence-corrected chi connectivity index (χ2v) is 5.92. The maximum absolute atomic E-state index is 13.9. The van der Waals surface area contributed by atoms with Crippen molar-refractivity contribution in [3.8, 4) is 0 Å². The molecule has 0 spiro atoms. The minimum absolute atomic E-state index is 0.365. The van der Waals surface area contributed by atoms with Gasteiger partial charge in [0, 0.05) is 10.6 Å². The van der Waals surface area contributed by atoms with Crippen LogP contribution in [0.2, 0.25) is 5.02 Å². The van der Waals surface area contributed by atoms with Gasteiger partial charge in [-0.05, 0) is 35.6 Å². The third-order valence-corrected chi connectivity index (χ3v) is 3.52. The van der Waals surface area contributed by atoms with Crippen molar-refractivity contribution >= 4 is 11.6 Å². The van der Waals surface area contributed by atoms with Gasteiger partial charge in [0.25, 0.3) is 0 Å². The number of halogens is 2. The first-order valence-corrected chi connectivity index (χ1v) is 7.14. The summed E-state index contributed by atoms with van der Waals surface area (Å²) >= 11 is 5.76. The summed E-state index contributed by atoms with van der Waals surface area (Å²) < 4.78 is 13.9. The molecule has 0 saturated heterocycles. The number of nitrogens with two attached hydrogens (primary N) is 1. The maximum atomic E-state index is 13.9. The number of rotatable bonds is 4. The Labute approximate surface area is 124 Å². The molecule has 0 aliphatic carbocycles. The Morgan fingerprint density at radius 1 is 1.10 bits per heavy atom. The molecule has 0 aliphatic heterocycles. The van der Waals surface area contributed by atoms with Crippen molar-refractivity contribution in [3.63, 3.8) is 0 Å². The van der Waals surface area contributed by atoms with Crippen LogP contribution < -0.4 is 5.73 Å². The van der Waals surface area contributed by atoms with Crippen molar-refractivity contribution in [1.82, 2.24) is 0 Å². The molecule has 0 saturated carbocycles. The van der Waals surface area contributed by atoms with Crippen LogP contribution in [-0.2, 0) is 6.42 Å². The van der Waals surface area contributed by atoms with Crippen LogP contribution in [0.1, 0.15) is 36.6 Å². The molecule has 0 fully saturated rings. The molecule has 2 aromatic rings. The van der Waals surface area contributed by atoms with Crippen LogP contribution >= 0.6 is 11.6 Å². The van der Waals surface area contributed by atoms with Crippen LogP contribution in [0.3, 0.4) is 0 Å². The molecule has 0 heterocycles. The monoisotopic (exact) mass is 291 g/mol. The maximum Gasteiger partial charge on any atom is 0.129 e. The average molecular weight is 292 g/mol. The Hall–Kier alpha value is -1.38. The summed E-state index contributed by atoms with van der Waals surface area (Å²) in [5, 5.41) is 0.380. The van der Waals surface area contributed by atoms with E-state index in [1.807, 2.05) is 12.1 Å². The van der Waals surface area contributed by atoms with Gasteiger partial charge in [-0.2, -0.15) is 0 Å². The smallest absolute Gasteiger partial charge is 0.129 e. The predicted octanol–water partition coefficient (Wildman–Crippen LogP) is 4.73. The van der Waals surface area contributed by atoms with E-state index in [1.54, 1.807) is 12.1 Å². The highest BCUT2D eigenvalue weighted by Gasteiger charge is 2.14. The van der Waals surface area contributed by atoms with Crippen molar-refractivity contribution in [2.75, 3.05) is 0 Å². The summed E-state index contributed by atoms with van der Waals surface area (Å²) in [7, 11) is 0. The molecule has 0 aromatic heterocycles. The summed E-state index contributed by atoms with van der Waals surface area (Å²) in [5.41, 5.74) is 8.77. The van der Waals surface area contributed by atoms with Crippen LogP contribution in [0.5, 0.6) is 0 Å². The van der Waals surface area contributed by atoms with Gasteiger partial charge in [0.15, 0.2) is 0 Å². The van der Waals surface area contributed by atoms with E-state index in [0.29, 0.717) is 16.5 Å². The van der Waals surface area contributed by atoms with Crippen molar-refractivity contribution in [1.29, 1.82) is 0 Å². The molecule has 1 unspecified atom stereocenters. The topological polar surface area (TPSA) is 26.0 Å². The van der Waals surface area contributed by atoms with E-state index in [2.05, 4.69) is 26.0 Å². The van der Waals surface area contributed by atoms with Gasteiger partial charge in [-0.15, -0.1) is 0 Å². The van der Waals surface area contributed by atoms with Gasteiger partial charge >= 0.3 is 0 Å². The Balaban J connectivity index is 2.22. The molecule has 0 aliphatic rings. The molecule has 2 aromatic carbocycles. The van der Waals surface area contributed by atoms with E-state index in [9.17, 15) is 4.39 Å². The average Bonchev–Trinajstić information content (AvgIpc) is 2.38. The molecule has 0 radical (unpaired) electrons. The van der Waals surface area contributed by atoms with Gasteiger partial charge < -0.3 is 5.73 Å². The molecule has 0 bridgehead atoms. The van der Waals surface area contributed by atoms with Crippen molar-refractivity contribution in [2.24, 2.45) is 11.7 Å². The fourth-order valence-corrected chi connectivity index (χ4v) is 2.42. The molecule has 106 valence electrons. The Bertz CT molecular complexity index is 578. The lowest BCUT2D eigenvalue weighted by atomic mass is 9.96. The van der Waals surface area contributed by atoms with Crippen molar-refractivity contribution < 1.29 is 4.39 Å². The molecule has 2 N–H and O–H groups in total. The van der Waals surface area contributed by atoms with Gasteiger partial charge in [-0.25, -0.2) is 4.39 Å². The highest BCUT2D eigenvalue weighted by atomic mass is 35.5. The van der Waals surface area contributed by atoms with Crippen molar-refractivity contribution in [3.05, 3.63) is 70.0 Å². The Morgan fingerprint density at radius 2 is 1.75 bits per heavy atom. The normalized spacial score (nSPS) is 12.7. The first-order valence-electron chi connectivity index (χ1n) is 6.76. The third-order valence-electron chi connectivity index (χ3n) is 3.28. The largest absolute Gasteiger partial charge is 0.320 e. The fraction of sp³-hybridized carbons (Fsp3) is 0.294. The minimum atomic E-state index is -0.472. The summed E-state index contributed by atoms with van der Waals surface area (Å²) in [4.78, 5) is 0. The molecule has 1 atom stereocenters. The van der Waals surface area contributed by atoms with Crippen LogP contribution in [0, 0.1) is 11.7 Å². The SMILES string of the molecule is CC(C)Cc1ccc(C(N)c2ccc(Cl)cc2F)cc1. The van der Waals surface area contributed by atoms with Gasteiger partial charge in [-0.1, -0.05) is 55.8 Å². The van der Waals surface area contributed by atoms with Crippen molar-refractivity contribution in [2.45, 2.75) is 26.3 Å². The summed E-state index contributed by atoms with van der Waals surface area (Å²) in [6, 6.07) is 12.2. The summed E-state index contributed by atoms with van der Waals surface area (Å²) in [5.74, 6) is 0.250. The lowest BCUT2D eigenvalue weighted by Gasteiger charge is -2.14. The molecule has 1 nitrogen and oxygen atoms in total. The van der Waals surface area contributed by atoms with E-state index < -0.39 is 6.04 Å². The second-order valence-electron chi connectivity index (χ2n) is 5.48. The molecular weight excluding hydrogens is 273 g/mol. The number of hydrogen-bond acceptors (Lipinski definition) is 1. The fourth-order valence-electron chi connectivity index (χ4n) is 2.27. The molecule has 20 heavy (non-hydrogen) atoms. The highest BCUT2D eigenvalue weighted by Crippen LogP contribution is 2.25. The van der Waals surface area contributed by atoms with Crippen LogP contribution in [0.4, 0.5) is 4.39 Å². The van der Waals surface area contributed by atoms with E-state index in [0.717, 1.165) is 12.0 Å². The lowest BCUT2D eigenvalue weighted by Crippen LogP contribution is -2.13. The Morgan fingerprint density at radius 3 is 2.30 bits per heavy atom. The minimum Gasteiger partial charge on any atom is -0.320 e. The predicted molar refractivity (Wildman–Crippen MR) is 82.4 cm³/mol. The zero-order valence-electron chi connectivity index (χ0n) is 11.7. The number of benzene rings is 2. The van der Waals surface area contributed by atoms with Crippen LogP contribution in [-0.4, -0.2) is 0 Å². The van der Waals surface area contributed by atoms with E-state index in [1.165, 1.54) is 11.6 Å². The van der Waals surface area contributed by atoms with E-state index in [4.69, 9.17) is 17.3 Å². The molecule has 0 amide bonds. The lowest BCUT2D eigenvalue weighted by molar-refractivity contribution is 0.599. The zero-order valence-corrected chi connectivity index (χ0v) is 12.5. The second kappa shape index (κ2) is 6.38. The highest BCUT2D eigenvalue weighted by molar-refractivity contribution is 6.30. The van der Waals surface area contributed by atoms with Crippen LogP contribution in [0.15, 0.2) is 42.5 Å². The molecular formula is C17H19ClFN. The molecule has 3 heteroatoms. The zero-order chi connectivity index (χ0) is 14.7. The molecule has 2 rings (SSSR count).